The number of likely N-dealkylation sites (tertiary alicyclic amines) is 1. The Kier molecular flexibility index (Phi) is 5.30. The van der Waals surface area contributed by atoms with Crippen molar-refractivity contribution in [3.05, 3.63) is 46.9 Å². The normalized spacial score (nSPS) is 17.6. The van der Waals surface area contributed by atoms with Crippen molar-refractivity contribution in [1.29, 1.82) is 0 Å². The number of anilines is 1. The summed E-state index contributed by atoms with van der Waals surface area (Å²) in [7, 11) is 2.16. The maximum atomic E-state index is 6.01. The van der Waals surface area contributed by atoms with Crippen molar-refractivity contribution in [2.75, 3.05) is 31.6 Å². The lowest BCUT2D eigenvalue weighted by Gasteiger charge is -2.28. The molecule has 4 rings (SSSR count). The predicted molar refractivity (Wildman–Crippen MR) is 109 cm³/mol. The van der Waals surface area contributed by atoms with Gasteiger partial charge in [0.2, 0.25) is 0 Å². The van der Waals surface area contributed by atoms with Gasteiger partial charge in [-0.25, -0.2) is 9.97 Å². The van der Waals surface area contributed by atoms with Crippen molar-refractivity contribution in [1.82, 2.24) is 14.9 Å². The molecule has 1 aromatic heterocycles. The number of aromatic nitrogens is 2. The zero-order chi connectivity index (χ0) is 18.8. The summed E-state index contributed by atoms with van der Waals surface area (Å²) in [4.78, 5) is 14.4. The fraction of sp³-hybridized carbons (Fsp3) is 0.545. The van der Waals surface area contributed by atoms with Crippen LogP contribution in [0, 0.1) is 6.92 Å². The molecule has 1 atom stereocenters. The molecular formula is C22H30N4O. The fourth-order valence-corrected chi connectivity index (χ4v) is 4.23. The van der Waals surface area contributed by atoms with E-state index in [1.165, 1.54) is 37.1 Å². The average Bonchev–Trinajstić information content (AvgIpc) is 3.15. The number of rotatable bonds is 5. The Balaban J connectivity index is 1.55. The Hall–Kier alpha value is -2.14. The van der Waals surface area contributed by atoms with E-state index in [1.54, 1.807) is 0 Å². The van der Waals surface area contributed by atoms with Crippen molar-refractivity contribution in [2.24, 2.45) is 0 Å². The molecule has 0 spiro atoms. The molecule has 0 bridgehead atoms. The van der Waals surface area contributed by atoms with Gasteiger partial charge in [-0.05, 0) is 57.8 Å². The lowest BCUT2D eigenvalue weighted by Crippen LogP contribution is -2.34. The van der Waals surface area contributed by atoms with Gasteiger partial charge in [0.05, 0.1) is 5.69 Å². The summed E-state index contributed by atoms with van der Waals surface area (Å²) < 4.78 is 6.01. The van der Waals surface area contributed by atoms with Crippen LogP contribution in [0.5, 0.6) is 5.75 Å². The first kappa shape index (κ1) is 18.2. The molecule has 0 saturated carbocycles. The smallest absolute Gasteiger partial charge is 0.135 e. The van der Waals surface area contributed by atoms with Gasteiger partial charge >= 0.3 is 0 Å². The highest BCUT2D eigenvalue weighted by Crippen LogP contribution is 2.32. The lowest BCUT2D eigenvalue weighted by molar-refractivity contribution is 0.249. The van der Waals surface area contributed by atoms with Gasteiger partial charge < -0.3 is 14.5 Å². The summed E-state index contributed by atoms with van der Waals surface area (Å²) in [6.45, 7) is 8.35. The Bertz CT molecular complexity index is 801. The Morgan fingerprint density at radius 3 is 2.78 bits per heavy atom. The number of para-hydroxylation sites is 1. The topological polar surface area (TPSA) is 41.5 Å². The Morgan fingerprint density at radius 1 is 1.19 bits per heavy atom. The largest absolute Gasteiger partial charge is 0.487 e. The van der Waals surface area contributed by atoms with Crippen LogP contribution in [-0.2, 0) is 13.0 Å². The highest BCUT2D eigenvalue weighted by molar-refractivity contribution is 5.53. The van der Waals surface area contributed by atoms with E-state index in [4.69, 9.17) is 9.72 Å². The fourth-order valence-electron chi connectivity index (χ4n) is 4.23. The minimum absolute atomic E-state index is 0.515. The molecule has 0 amide bonds. The molecule has 0 aliphatic carbocycles. The van der Waals surface area contributed by atoms with Crippen LogP contribution in [0.25, 0.3) is 0 Å². The van der Waals surface area contributed by atoms with E-state index in [2.05, 4.69) is 40.9 Å². The number of fused-ring (bicyclic) bond motifs is 2. The summed E-state index contributed by atoms with van der Waals surface area (Å²) in [5, 5.41) is 0. The van der Waals surface area contributed by atoms with Crippen molar-refractivity contribution >= 4 is 5.82 Å². The quantitative estimate of drug-likeness (QED) is 0.809. The van der Waals surface area contributed by atoms with Crippen LogP contribution in [0.2, 0.25) is 0 Å². The number of hydrogen-bond acceptors (Lipinski definition) is 5. The summed E-state index contributed by atoms with van der Waals surface area (Å²) in [5.74, 6) is 2.84. The summed E-state index contributed by atoms with van der Waals surface area (Å²) in [6, 6.07) is 8.91. The van der Waals surface area contributed by atoms with E-state index < -0.39 is 0 Å². The van der Waals surface area contributed by atoms with Crippen molar-refractivity contribution < 1.29 is 4.74 Å². The number of ether oxygens (including phenoxy) is 1. The maximum Gasteiger partial charge on any atom is 0.135 e. The number of hydrogen-bond donors (Lipinski definition) is 0. The zero-order valence-electron chi connectivity index (χ0n) is 16.7. The number of benzene rings is 1. The van der Waals surface area contributed by atoms with E-state index in [9.17, 15) is 0 Å². The molecule has 27 heavy (non-hydrogen) atoms. The predicted octanol–water partition coefficient (Wildman–Crippen LogP) is 3.58. The molecule has 2 aliphatic heterocycles. The second-order valence-corrected chi connectivity index (χ2v) is 7.90. The monoisotopic (exact) mass is 366 g/mol. The molecule has 5 nitrogen and oxygen atoms in total. The van der Waals surface area contributed by atoms with Crippen molar-refractivity contribution in [2.45, 2.75) is 52.2 Å². The second-order valence-electron chi connectivity index (χ2n) is 7.90. The van der Waals surface area contributed by atoms with E-state index >= 15 is 0 Å². The van der Waals surface area contributed by atoms with E-state index in [-0.39, 0.29) is 0 Å². The van der Waals surface area contributed by atoms with Crippen LogP contribution in [0.4, 0.5) is 5.82 Å². The molecule has 2 aliphatic rings. The lowest BCUT2D eigenvalue weighted by atomic mass is 10.0. The van der Waals surface area contributed by atoms with Crippen LogP contribution < -0.4 is 9.64 Å². The van der Waals surface area contributed by atoms with Gasteiger partial charge in [-0.1, -0.05) is 18.2 Å². The van der Waals surface area contributed by atoms with Crippen LogP contribution in [0.1, 0.15) is 48.8 Å². The molecule has 144 valence electrons. The molecule has 5 heteroatoms. The van der Waals surface area contributed by atoms with Gasteiger partial charge in [-0.15, -0.1) is 0 Å². The van der Waals surface area contributed by atoms with E-state index in [0.29, 0.717) is 12.6 Å². The summed E-state index contributed by atoms with van der Waals surface area (Å²) in [6.07, 6.45) is 4.67. The average molecular weight is 367 g/mol. The standard InChI is InChI=1S/C22H30N4O/c1-16(26-11-6-7-12-26)10-13-25(3)22-19-14-18-8-4-5-9-21(18)27-15-20(19)23-17(2)24-22/h4-5,8-9,16H,6-7,10-15H2,1-3H3/t16-/m1/s1. The molecule has 3 heterocycles. The summed E-state index contributed by atoms with van der Waals surface area (Å²) >= 11 is 0. The minimum atomic E-state index is 0.515. The SMILES string of the molecule is Cc1nc2c(c(N(C)CC[C@@H](C)N3CCCC3)n1)Cc1ccccc1OC2. The van der Waals surface area contributed by atoms with Crippen LogP contribution in [-0.4, -0.2) is 47.6 Å². The number of nitrogens with zero attached hydrogens (tertiary/aromatic N) is 4. The Morgan fingerprint density at radius 2 is 1.96 bits per heavy atom. The van der Waals surface area contributed by atoms with E-state index in [0.717, 1.165) is 42.5 Å². The third-order valence-corrected chi connectivity index (χ3v) is 5.89. The van der Waals surface area contributed by atoms with Gasteiger partial charge in [0.1, 0.15) is 24.0 Å². The van der Waals surface area contributed by atoms with E-state index in [1.807, 2.05) is 19.1 Å². The molecule has 0 unspecified atom stereocenters. The minimum Gasteiger partial charge on any atom is -0.487 e. The van der Waals surface area contributed by atoms with Crippen LogP contribution >= 0.6 is 0 Å². The highest BCUT2D eigenvalue weighted by atomic mass is 16.5. The molecule has 0 radical (unpaired) electrons. The highest BCUT2D eigenvalue weighted by Gasteiger charge is 2.23. The first-order valence-corrected chi connectivity index (χ1v) is 10.1. The van der Waals surface area contributed by atoms with Gasteiger partial charge in [0, 0.05) is 31.6 Å². The van der Waals surface area contributed by atoms with Gasteiger partial charge in [0.25, 0.3) is 0 Å². The van der Waals surface area contributed by atoms with Gasteiger partial charge in [0.15, 0.2) is 0 Å². The molecule has 0 N–H and O–H groups in total. The van der Waals surface area contributed by atoms with Crippen molar-refractivity contribution in [3.8, 4) is 5.75 Å². The van der Waals surface area contributed by atoms with Gasteiger partial charge in [-0.3, -0.25) is 0 Å². The summed E-state index contributed by atoms with van der Waals surface area (Å²) in [5.41, 5.74) is 3.44. The molecular weight excluding hydrogens is 336 g/mol. The number of aryl methyl sites for hydroxylation is 1. The second kappa shape index (κ2) is 7.85. The Labute approximate surface area is 162 Å². The van der Waals surface area contributed by atoms with Crippen LogP contribution in [0.3, 0.4) is 0 Å². The molecule has 1 aromatic carbocycles. The molecule has 1 saturated heterocycles. The first-order chi connectivity index (χ1) is 13.1. The molecule has 2 aromatic rings. The van der Waals surface area contributed by atoms with Gasteiger partial charge in [-0.2, -0.15) is 0 Å². The molecule has 1 fully saturated rings. The first-order valence-electron chi connectivity index (χ1n) is 10.1. The third-order valence-electron chi connectivity index (χ3n) is 5.89. The maximum absolute atomic E-state index is 6.01. The third kappa shape index (κ3) is 3.93. The van der Waals surface area contributed by atoms with Crippen molar-refractivity contribution in [3.63, 3.8) is 0 Å². The van der Waals surface area contributed by atoms with Crippen LogP contribution in [0.15, 0.2) is 24.3 Å². The zero-order valence-corrected chi connectivity index (χ0v) is 16.7.